The van der Waals surface area contributed by atoms with Crippen molar-refractivity contribution >= 4 is 17.7 Å². The molecule has 1 aromatic carbocycles. The highest BCUT2D eigenvalue weighted by Crippen LogP contribution is 2.38. The summed E-state index contributed by atoms with van der Waals surface area (Å²) in [6.45, 7) is 6.11. The summed E-state index contributed by atoms with van der Waals surface area (Å²) in [7, 11) is 0. The number of carbonyl (C=O) groups is 1. The molecule has 1 saturated carbocycles. The summed E-state index contributed by atoms with van der Waals surface area (Å²) in [6.07, 6.45) is 2.33. The molecule has 3 rings (SSSR count). The van der Waals surface area contributed by atoms with Crippen LogP contribution in [0.15, 0.2) is 30.3 Å². The molecule has 126 valence electrons. The number of nitrogens with zero attached hydrogens (tertiary/aromatic N) is 1. The van der Waals surface area contributed by atoms with Gasteiger partial charge in [0.1, 0.15) is 0 Å². The SMILES string of the molecule is CC(C)C(SCc1ccccc1)C(=O)N1CC2CCC(N)C2C1. The summed E-state index contributed by atoms with van der Waals surface area (Å²) in [6, 6.07) is 10.7. The molecule has 3 nitrogen and oxygen atoms in total. The second kappa shape index (κ2) is 7.27. The van der Waals surface area contributed by atoms with Crippen molar-refractivity contribution in [1.82, 2.24) is 4.90 Å². The lowest BCUT2D eigenvalue weighted by molar-refractivity contribution is -0.130. The normalized spacial score (nSPS) is 28.2. The highest BCUT2D eigenvalue weighted by atomic mass is 32.2. The molecule has 4 atom stereocenters. The van der Waals surface area contributed by atoms with E-state index in [0.29, 0.717) is 29.7 Å². The fourth-order valence-electron chi connectivity index (χ4n) is 3.98. The van der Waals surface area contributed by atoms with Crippen LogP contribution in [0.2, 0.25) is 0 Å². The van der Waals surface area contributed by atoms with E-state index in [1.807, 2.05) is 6.07 Å². The molecule has 1 aliphatic carbocycles. The van der Waals surface area contributed by atoms with Gasteiger partial charge in [0.05, 0.1) is 5.25 Å². The molecule has 1 aliphatic heterocycles. The van der Waals surface area contributed by atoms with E-state index in [4.69, 9.17) is 5.73 Å². The van der Waals surface area contributed by atoms with E-state index in [-0.39, 0.29) is 5.25 Å². The van der Waals surface area contributed by atoms with Gasteiger partial charge in [0, 0.05) is 24.9 Å². The van der Waals surface area contributed by atoms with Gasteiger partial charge in [-0.15, -0.1) is 11.8 Å². The quantitative estimate of drug-likeness (QED) is 0.901. The predicted molar refractivity (Wildman–Crippen MR) is 97.1 cm³/mol. The molecule has 2 N–H and O–H groups in total. The molecule has 2 aliphatic rings. The molecule has 1 saturated heterocycles. The molecule has 2 fully saturated rings. The van der Waals surface area contributed by atoms with Crippen molar-refractivity contribution in [3.63, 3.8) is 0 Å². The third-order valence-electron chi connectivity index (χ3n) is 5.35. The summed E-state index contributed by atoms with van der Waals surface area (Å²) < 4.78 is 0. The van der Waals surface area contributed by atoms with Gasteiger partial charge in [-0.05, 0) is 36.2 Å². The van der Waals surface area contributed by atoms with Crippen molar-refractivity contribution < 1.29 is 4.79 Å². The number of carbonyl (C=O) groups excluding carboxylic acids is 1. The van der Waals surface area contributed by atoms with Crippen molar-refractivity contribution in [2.45, 2.75) is 43.7 Å². The molecule has 23 heavy (non-hydrogen) atoms. The first-order valence-corrected chi connectivity index (χ1v) is 9.81. The maximum Gasteiger partial charge on any atom is 0.235 e. The number of amides is 1. The topological polar surface area (TPSA) is 46.3 Å². The molecular weight excluding hydrogens is 304 g/mol. The van der Waals surface area contributed by atoms with E-state index >= 15 is 0 Å². The third kappa shape index (κ3) is 3.74. The first-order chi connectivity index (χ1) is 11.1. The molecule has 0 aromatic heterocycles. The molecular formula is C19H28N2OS. The monoisotopic (exact) mass is 332 g/mol. The maximum absolute atomic E-state index is 13.0. The van der Waals surface area contributed by atoms with E-state index < -0.39 is 0 Å². The highest BCUT2D eigenvalue weighted by Gasteiger charge is 2.43. The number of fused-ring (bicyclic) bond motifs is 1. The number of hydrogen-bond acceptors (Lipinski definition) is 3. The van der Waals surface area contributed by atoms with Gasteiger partial charge in [-0.25, -0.2) is 0 Å². The zero-order valence-electron chi connectivity index (χ0n) is 14.2. The molecule has 1 aromatic rings. The van der Waals surface area contributed by atoms with Crippen molar-refractivity contribution in [3.8, 4) is 0 Å². The fourth-order valence-corrected chi connectivity index (χ4v) is 5.22. The Morgan fingerprint density at radius 1 is 1.26 bits per heavy atom. The summed E-state index contributed by atoms with van der Waals surface area (Å²) in [5, 5.41) is 0.0465. The molecule has 1 heterocycles. The number of benzene rings is 1. The molecule has 0 bridgehead atoms. The Bertz CT molecular complexity index is 533. The van der Waals surface area contributed by atoms with Gasteiger partial charge in [-0.1, -0.05) is 44.2 Å². The summed E-state index contributed by atoms with van der Waals surface area (Å²) in [4.78, 5) is 15.1. The van der Waals surface area contributed by atoms with Crippen molar-refractivity contribution in [2.24, 2.45) is 23.5 Å². The maximum atomic E-state index is 13.0. The fraction of sp³-hybridized carbons (Fsp3) is 0.632. The first kappa shape index (κ1) is 16.8. The second-order valence-corrected chi connectivity index (χ2v) is 8.50. The zero-order chi connectivity index (χ0) is 16.4. The molecule has 0 radical (unpaired) electrons. The summed E-state index contributed by atoms with van der Waals surface area (Å²) in [5.74, 6) is 2.75. The van der Waals surface area contributed by atoms with Gasteiger partial charge in [-0.3, -0.25) is 4.79 Å². The Morgan fingerprint density at radius 2 is 2.00 bits per heavy atom. The molecule has 0 spiro atoms. The molecule has 1 amide bonds. The first-order valence-electron chi connectivity index (χ1n) is 8.76. The van der Waals surface area contributed by atoms with Gasteiger partial charge in [0.25, 0.3) is 0 Å². The van der Waals surface area contributed by atoms with Gasteiger partial charge in [0.15, 0.2) is 0 Å². The van der Waals surface area contributed by atoms with Crippen LogP contribution < -0.4 is 5.73 Å². The Balaban J connectivity index is 1.61. The Hall–Kier alpha value is -1.00. The number of thioether (sulfide) groups is 1. The van der Waals surface area contributed by atoms with Crippen LogP contribution in [0.3, 0.4) is 0 Å². The highest BCUT2D eigenvalue weighted by molar-refractivity contribution is 7.99. The zero-order valence-corrected chi connectivity index (χ0v) is 15.0. The van der Waals surface area contributed by atoms with Crippen LogP contribution in [-0.4, -0.2) is 35.2 Å². The van der Waals surface area contributed by atoms with Crippen molar-refractivity contribution in [1.29, 1.82) is 0 Å². The lowest BCUT2D eigenvalue weighted by atomic mass is 9.98. The predicted octanol–water partition coefficient (Wildman–Crippen LogP) is 3.14. The summed E-state index contributed by atoms with van der Waals surface area (Å²) >= 11 is 1.78. The average Bonchev–Trinajstić information content (AvgIpc) is 3.10. The van der Waals surface area contributed by atoms with E-state index in [0.717, 1.165) is 25.3 Å². The van der Waals surface area contributed by atoms with Crippen LogP contribution in [0.5, 0.6) is 0 Å². The van der Waals surface area contributed by atoms with Gasteiger partial charge in [-0.2, -0.15) is 0 Å². The smallest absolute Gasteiger partial charge is 0.235 e. The average molecular weight is 333 g/mol. The van der Waals surface area contributed by atoms with Gasteiger partial charge >= 0.3 is 0 Å². The lowest BCUT2D eigenvalue weighted by Gasteiger charge is -2.26. The molecule has 4 heteroatoms. The Morgan fingerprint density at radius 3 is 2.65 bits per heavy atom. The van der Waals surface area contributed by atoms with E-state index in [1.54, 1.807) is 11.8 Å². The minimum absolute atomic E-state index is 0.0465. The number of likely N-dealkylation sites (tertiary alicyclic amines) is 1. The van der Waals surface area contributed by atoms with E-state index in [2.05, 4.69) is 43.0 Å². The number of hydrogen-bond donors (Lipinski definition) is 1. The van der Waals surface area contributed by atoms with Crippen LogP contribution in [-0.2, 0) is 10.5 Å². The lowest BCUT2D eigenvalue weighted by Crippen LogP contribution is -2.40. The Kier molecular flexibility index (Phi) is 5.32. The number of nitrogens with two attached hydrogens (primary N) is 1. The van der Waals surface area contributed by atoms with Crippen molar-refractivity contribution in [2.75, 3.05) is 13.1 Å². The Labute approximate surface area is 144 Å². The summed E-state index contributed by atoms with van der Waals surface area (Å²) in [5.41, 5.74) is 7.50. The largest absolute Gasteiger partial charge is 0.341 e. The second-order valence-electron chi connectivity index (χ2n) is 7.37. The van der Waals surface area contributed by atoms with Gasteiger partial charge < -0.3 is 10.6 Å². The van der Waals surface area contributed by atoms with Crippen molar-refractivity contribution in [3.05, 3.63) is 35.9 Å². The minimum Gasteiger partial charge on any atom is -0.341 e. The minimum atomic E-state index is 0.0465. The standard InChI is InChI=1S/C19H28N2OS/c1-13(2)18(23-12-14-6-4-3-5-7-14)19(22)21-10-15-8-9-17(20)16(15)11-21/h3-7,13,15-18H,8-12,20H2,1-2H3. The van der Waals surface area contributed by atoms with Crippen LogP contribution in [0, 0.1) is 17.8 Å². The van der Waals surface area contributed by atoms with Gasteiger partial charge in [0.2, 0.25) is 5.91 Å². The van der Waals surface area contributed by atoms with Crippen LogP contribution >= 0.6 is 11.8 Å². The van der Waals surface area contributed by atoms with E-state index in [1.165, 1.54) is 12.0 Å². The third-order valence-corrected chi connectivity index (χ3v) is 6.95. The molecule has 4 unspecified atom stereocenters. The van der Waals surface area contributed by atoms with Crippen LogP contribution in [0.1, 0.15) is 32.3 Å². The van der Waals surface area contributed by atoms with E-state index in [9.17, 15) is 4.79 Å². The van der Waals surface area contributed by atoms with Crippen LogP contribution in [0.4, 0.5) is 0 Å². The number of rotatable bonds is 5. The van der Waals surface area contributed by atoms with Crippen LogP contribution in [0.25, 0.3) is 0 Å².